The highest BCUT2D eigenvalue weighted by molar-refractivity contribution is 5.98. The first-order chi connectivity index (χ1) is 7.42. The lowest BCUT2D eigenvalue weighted by Crippen LogP contribution is -2.48. The standard InChI is InChI=1S/C11H19NO4/c1-3-12-6-4-8(5-7-12)11(2,9(13)14)10(15)16/h8H,3-7H2,1-2H3,(H,13,14)(H,15,16). The molecule has 0 unspecified atom stereocenters. The van der Waals surface area contributed by atoms with Crippen LogP contribution in [0.4, 0.5) is 0 Å². The van der Waals surface area contributed by atoms with Gasteiger partial charge in [0, 0.05) is 0 Å². The molecule has 0 spiro atoms. The summed E-state index contributed by atoms with van der Waals surface area (Å²) in [5.41, 5.74) is -1.64. The fourth-order valence-electron chi connectivity index (χ4n) is 2.27. The maximum atomic E-state index is 11.1. The molecule has 1 rings (SSSR count). The molecule has 16 heavy (non-hydrogen) atoms. The second kappa shape index (κ2) is 4.82. The molecule has 2 N–H and O–H groups in total. The highest BCUT2D eigenvalue weighted by atomic mass is 16.4. The summed E-state index contributed by atoms with van der Waals surface area (Å²) in [5.74, 6) is -2.73. The number of aliphatic carboxylic acids is 2. The van der Waals surface area contributed by atoms with E-state index in [0.717, 1.165) is 19.6 Å². The molecule has 0 amide bonds. The number of piperidine rings is 1. The van der Waals surface area contributed by atoms with Crippen LogP contribution in [0.3, 0.4) is 0 Å². The second-order valence-corrected chi connectivity index (χ2v) is 4.52. The van der Waals surface area contributed by atoms with E-state index in [0.29, 0.717) is 12.8 Å². The predicted molar refractivity (Wildman–Crippen MR) is 58.2 cm³/mol. The number of hydrogen-bond acceptors (Lipinski definition) is 3. The maximum Gasteiger partial charge on any atom is 0.321 e. The maximum absolute atomic E-state index is 11.1. The average Bonchev–Trinajstić information content (AvgIpc) is 2.27. The van der Waals surface area contributed by atoms with Gasteiger partial charge < -0.3 is 15.1 Å². The molecule has 0 aromatic carbocycles. The van der Waals surface area contributed by atoms with Crippen LogP contribution in [0.15, 0.2) is 0 Å². The lowest BCUT2D eigenvalue weighted by Gasteiger charge is -2.37. The smallest absolute Gasteiger partial charge is 0.321 e. The summed E-state index contributed by atoms with van der Waals surface area (Å²) in [5, 5.41) is 18.2. The Morgan fingerprint density at radius 1 is 1.25 bits per heavy atom. The lowest BCUT2D eigenvalue weighted by atomic mass is 9.72. The van der Waals surface area contributed by atoms with Gasteiger partial charge in [-0.15, -0.1) is 0 Å². The molecule has 5 nitrogen and oxygen atoms in total. The number of carbonyl (C=O) groups is 2. The lowest BCUT2D eigenvalue weighted by molar-refractivity contribution is -0.169. The van der Waals surface area contributed by atoms with E-state index in [4.69, 9.17) is 10.2 Å². The van der Waals surface area contributed by atoms with Crippen molar-refractivity contribution in [2.45, 2.75) is 26.7 Å². The predicted octanol–water partition coefficient (Wildman–Crippen LogP) is 0.894. The third kappa shape index (κ3) is 2.19. The van der Waals surface area contributed by atoms with Crippen LogP contribution in [0.25, 0.3) is 0 Å². The fraction of sp³-hybridized carbons (Fsp3) is 0.818. The number of hydrogen-bond donors (Lipinski definition) is 2. The van der Waals surface area contributed by atoms with Crippen LogP contribution in [0.5, 0.6) is 0 Å². The summed E-state index contributed by atoms with van der Waals surface area (Å²) in [6.07, 6.45) is 1.28. The molecule has 5 heteroatoms. The minimum absolute atomic E-state index is 0.273. The molecule has 0 atom stereocenters. The van der Waals surface area contributed by atoms with Gasteiger partial charge in [-0.25, -0.2) is 0 Å². The van der Waals surface area contributed by atoms with Crippen LogP contribution in [-0.4, -0.2) is 46.7 Å². The molecule has 1 fully saturated rings. The quantitative estimate of drug-likeness (QED) is 0.700. The zero-order valence-electron chi connectivity index (χ0n) is 9.77. The van der Waals surface area contributed by atoms with E-state index in [-0.39, 0.29) is 5.92 Å². The van der Waals surface area contributed by atoms with Crippen molar-refractivity contribution in [2.24, 2.45) is 11.3 Å². The van der Waals surface area contributed by atoms with Crippen molar-refractivity contribution < 1.29 is 19.8 Å². The average molecular weight is 229 g/mol. The molecule has 1 aliphatic heterocycles. The van der Waals surface area contributed by atoms with Crippen molar-refractivity contribution >= 4 is 11.9 Å². The van der Waals surface area contributed by atoms with Crippen molar-refractivity contribution in [3.8, 4) is 0 Å². The van der Waals surface area contributed by atoms with Gasteiger partial charge in [0.2, 0.25) is 0 Å². The zero-order valence-corrected chi connectivity index (χ0v) is 9.77. The summed E-state index contributed by atoms with van der Waals surface area (Å²) < 4.78 is 0. The molecule has 0 aliphatic carbocycles. The van der Waals surface area contributed by atoms with Crippen molar-refractivity contribution in [3.05, 3.63) is 0 Å². The summed E-state index contributed by atoms with van der Waals surface area (Å²) in [6.45, 7) is 5.88. The SMILES string of the molecule is CCN1CCC(C(C)(C(=O)O)C(=O)O)CC1. The van der Waals surface area contributed by atoms with E-state index >= 15 is 0 Å². The molecule has 0 aromatic rings. The first-order valence-electron chi connectivity index (χ1n) is 5.62. The Labute approximate surface area is 95.1 Å². The Morgan fingerprint density at radius 3 is 2.00 bits per heavy atom. The third-order valence-corrected chi connectivity index (χ3v) is 3.74. The summed E-state index contributed by atoms with van der Waals surface area (Å²) >= 11 is 0. The van der Waals surface area contributed by atoms with Gasteiger partial charge >= 0.3 is 11.9 Å². The molecule has 92 valence electrons. The third-order valence-electron chi connectivity index (χ3n) is 3.74. The van der Waals surface area contributed by atoms with Gasteiger partial charge in [0.15, 0.2) is 5.41 Å². The van der Waals surface area contributed by atoms with Crippen LogP contribution in [-0.2, 0) is 9.59 Å². The Hall–Kier alpha value is -1.10. The van der Waals surface area contributed by atoms with Crippen molar-refractivity contribution in [1.29, 1.82) is 0 Å². The topological polar surface area (TPSA) is 77.8 Å². The molecule has 0 radical (unpaired) electrons. The van der Waals surface area contributed by atoms with Gasteiger partial charge in [0.25, 0.3) is 0 Å². The van der Waals surface area contributed by atoms with E-state index in [1.54, 1.807) is 0 Å². The summed E-state index contributed by atoms with van der Waals surface area (Å²) in [4.78, 5) is 24.4. The highest BCUT2D eigenvalue weighted by Gasteiger charge is 2.49. The molecule has 1 heterocycles. The molecular formula is C11H19NO4. The van der Waals surface area contributed by atoms with Gasteiger partial charge in [-0.1, -0.05) is 6.92 Å². The first kappa shape index (κ1) is 13.0. The van der Waals surface area contributed by atoms with Crippen LogP contribution in [0, 0.1) is 11.3 Å². The van der Waals surface area contributed by atoms with Crippen molar-refractivity contribution in [3.63, 3.8) is 0 Å². The van der Waals surface area contributed by atoms with Crippen molar-refractivity contribution in [1.82, 2.24) is 4.90 Å². The molecule has 1 saturated heterocycles. The Bertz CT molecular complexity index is 268. The van der Waals surface area contributed by atoms with Crippen LogP contribution >= 0.6 is 0 Å². The number of nitrogens with zero attached hydrogens (tertiary/aromatic N) is 1. The van der Waals surface area contributed by atoms with Crippen molar-refractivity contribution in [2.75, 3.05) is 19.6 Å². The molecule has 1 aliphatic rings. The summed E-state index contributed by atoms with van der Waals surface area (Å²) in [6, 6.07) is 0. The zero-order chi connectivity index (χ0) is 12.3. The number of carboxylic acid groups (broad SMARTS) is 2. The molecular weight excluding hydrogens is 210 g/mol. The summed E-state index contributed by atoms with van der Waals surface area (Å²) in [7, 11) is 0. The monoisotopic (exact) mass is 229 g/mol. The number of rotatable bonds is 4. The van der Waals surface area contributed by atoms with E-state index in [9.17, 15) is 9.59 Å². The number of likely N-dealkylation sites (tertiary alicyclic amines) is 1. The second-order valence-electron chi connectivity index (χ2n) is 4.52. The Kier molecular flexibility index (Phi) is 3.91. The van der Waals surface area contributed by atoms with Gasteiger partial charge in [-0.3, -0.25) is 9.59 Å². The normalized spacial score (nSPS) is 19.6. The molecule has 0 bridgehead atoms. The molecule has 0 saturated carbocycles. The van der Waals surface area contributed by atoms with E-state index in [1.165, 1.54) is 6.92 Å². The first-order valence-corrected chi connectivity index (χ1v) is 5.62. The highest BCUT2D eigenvalue weighted by Crippen LogP contribution is 2.36. The fourth-order valence-corrected chi connectivity index (χ4v) is 2.27. The van der Waals surface area contributed by atoms with Gasteiger partial charge in [0.1, 0.15) is 0 Å². The van der Waals surface area contributed by atoms with Crippen LogP contribution in [0.1, 0.15) is 26.7 Å². The van der Waals surface area contributed by atoms with E-state index in [2.05, 4.69) is 4.90 Å². The Balaban J connectivity index is 2.76. The van der Waals surface area contributed by atoms with Crippen LogP contribution < -0.4 is 0 Å². The van der Waals surface area contributed by atoms with E-state index < -0.39 is 17.4 Å². The largest absolute Gasteiger partial charge is 0.480 e. The van der Waals surface area contributed by atoms with Crippen LogP contribution in [0.2, 0.25) is 0 Å². The number of carboxylic acids is 2. The van der Waals surface area contributed by atoms with Gasteiger partial charge in [-0.2, -0.15) is 0 Å². The minimum Gasteiger partial charge on any atom is -0.480 e. The minimum atomic E-state index is -1.64. The van der Waals surface area contributed by atoms with Gasteiger partial charge in [-0.05, 0) is 45.3 Å². The molecule has 0 aromatic heterocycles. The van der Waals surface area contributed by atoms with E-state index in [1.807, 2.05) is 6.92 Å². The Morgan fingerprint density at radius 2 is 1.69 bits per heavy atom. The van der Waals surface area contributed by atoms with Gasteiger partial charge in [0.05, 0.1) is 0 Å².